The van der Waals surface area contributed by atoms with Crippen LogP contribution in [0.1, 0.15) is 33.4 Å². The Morgan fingerprint density at radius 1 is 1.30 bits per heavy atom. The van der Waals surface area contributed by atoms with Crippen LogP contribution in [-0.2, 0) is 0 Å². The second kappa shape index (κ2) is 5.72. The topological polar surface area (TPSA) is 71.2 Å². The molecule has 1 aliphatic heterocycles. The summed E-state index contributed by atoms with van der Waals surface area (Å²) in [7, 11) is 0. The number of aryl methyl sites for hydroxylation is 1. The van der Waals surface area contributed by atoms with Crippen molar-refractivity contribution in [2.24, 2.45) is 11.8 Å². The molecule has 1 amide bonds. The predicted octanol–water partition coefficient (Wildman–Crippen LogP) is 1.73. The zero-order chi connectivity index (χ0) is 16.0. The van der Waals surface area contributed by atoms with Crippen LogP contribution in [-0.4, -0.2) is 49.9 Å². The summed E-state index contributed by atoms with van der Waals surface area (Å²) >= 11 is 1.55. The lowest BCUT2D eigenvalue weighted by molar-refractivity contribution is 0.0304. The molecule has 1 N–H and O–H groups in total. The number of carbonyl (C=O) groups is 1. The maximum atomic E-state index is 12.6. The summed E-state index contributed by atoms with van der Waals surface area (Å²) in [6.07, 6.45) is 4.32. The van der Waals surface area contributed by atoms with Crippen LogP contribution in [0.4, 0.5) is 0 Å². The van der Waals surface area contributed by atoms with Gasteiger partial charge in [0.15, 0.2) is 0 Å². The van der Waals surface area contributed by atoms with Crippen LogP contribution in [0.15, 0.2) is 24.8 Å². The maximum Gasteiger partial charge on any atom is 0.263 e. The van der Waals surface area contributed by atoms with E-state index >= 15 is 0 Å². The van der Waals surface area contributed by atoms with Gasteiger partial charge in [-0.3, -0.25) is 4.79 Å². The first-order chi connectivity index (χ1) is 11.1. The molecule has 122 valence electrons. The number of aromatic nitrogens is 3. The predicted molar refractivity (Wildman–Crippen MR) is 86.2 cm³/mol. The highest BCUT2D eigenvalue weighted by atomic mass is 32.1. The molecule has 2 aromatic rings. The third-order valence-electron chi connectivity index (χ3n) is 5.12. The second-order valence-corrected chi connectivity index (χ2v) is 7.91. The Bertz CT molecular complexity index is 699. The van der Waals surface area contributed by atoms with Gasteiger partial charge in [0, 0.05) is 18.0 Å². The molecule has 0 radical (unpaired) electrons. The van der Waals surface area contributed by atoms with Crippen molar-refractivity contribution in [3.8, 4) is 0 Å². The molecule has 1 saturated carbocycles. The highest BCUT2D eigenvalue weighted by molar-refractivity contribution is 7.13. The van der Waals surface area contributed by atoms with Gasteiger partial charge in [0.25, 0.3) is 5.91 Å². The molecule has 6 nitrogen and oxygen atoms in total. The quantitative estimate of drug-likeness (QED) is 0.909. The van der Waals surface area contributed by atoms with E-state index in [2.05, 4.69) is 10.1 Å². The van der Waals surface area contributed by atoms with Crippen LogP contribution in [0, 0.1) is 18.8 Å². The van der Waals surface area contributed by atoms with Gasteiger partial charge in [0.1, 0.15) is 12.7 Å². The minimum Gasteiger partial charge on any atom is -0.391 e. The lowest BCUT2D eigenvalue weighted by Crippen LogP contribution is -2.36. The van der Waals surface area contributed by atoms with Gasteiger partial charge in [-0.1, -0.05) is 0 Å². The Morgan fingerprint density at radius 2 is 2.09 bits per heavy atom. The first kappa shape index (κ1) is 14.8. The molecule has 4 atom stereocenters. The monoisotopic (exact) mass is 332 g/mol. The summed E-state index contributed by atoms with van der Waals surface area (Å²) in [6.45, 7) is 3.55. The smallest absolute Gasteiger partial charge is 0.263 e. The maximum absolute atomic E-state index is 12.6. The van der Waals surface area contributed by atoms with Crippen LogP contribution < -0.4 is 0 Å². The second-order valence-electron chi connectivity index (χ2n) is 6.62. The van der Waals surface area contributed by atoms with Crippen molar-refractivity contribution in [2.45, 2.75) is 31.9 Å². The van der Waals surface area contributed by atoms with Crippen molar-refractivity contribution in [3.63, 3.8) is 0 Å². The SMILES string of the molecule is Cc1ccc(C(=O)N2C[C@H]3C[C@@H](n4cncn4)[C@H](O)C[C@H]3C2)s1. The Balaban J connectivity index is 1.48. The summed E-state index contributed by atoms with van der Waals surface area (Å²) in [5.41, 5.74) is 0. The molecule has 2 aliphatic rings. The van der Waals surface area contributed by atoms with E-state index in [0.717, 1.165) is 35.7 Å². The first-order valence-corrected chi connectivity index (χ1v) is 8.81. The fourth-order valence-electron chi connectivity index (χ4n) is 3.95. The zero-order valence-corrected chi connectivity index (χ0v) is 13.8. The highest BCUT2D eigenvalue weighted by Crippen LogP contribution is 2.41. The van der Waals surface area contributed by atoms with E-state index in [0.29, 0.717) is 11.8 Å². The molecule has 0 unspecified atom stereocenters. The number of aliphatic hydroxyl groups is 1. The van der Waals surface area contributed by atoms with Crippen molar-refractivity contribution >= 4 is 17.2 Å². The summed E-state index contributed by atoms with van der Waals surface area (Å²) in [4.78, 5) is 20.6. The summed E-state index contributed by atoms with van der Waals surface area (Å²) in [6, 6.07) is 3.88. The Labute approximate surface area is 138 Å². The van der Waals surface area contributed by atoms with Crippen LogP contribution >= 0.6 is 11.3 Å². The van der Waals surface area contributed by atoms with E-state index in [-0.39, 0.29) is 11.9 Å². The van der Waals surface area contributed by atoms with Crippen molar-refractivity contribution in [2.75, 3.05) is 13.1 Å². The van der Waals surface area contributed by atoms with Crippen LogP contribution in [0.3, 0.4) is 0 Å². The Kier molecular flexibility index (Phi) is 3.69. The van der Waals surface area contributed by atoms with Gasteiger partial charge in [-0.05, 0) is 43.7 Å². The fraction of sp³-hybridized carbons (Fsp3) is 0.562. The lowest BCUT2D eigenvalue weighted by Gasteiger charge is -2.34. The van der Waals surface area contributed by atoms with Gasteiger partial charge in [-0.2, -0.15) is 5.10 Å². The number of fused-ring (bicyclic) bond motifs is 1. The minimum atomic E-state index is -0.419. The van der Waals surface area contributed by atoms with Crippen LogP contribution in [0.5, 0.6) is 0 Å². The molecular weight excluding hydrogens is 312 g/mol. The number of amides is 1. The van der Waals surface area contributed by atoms with Crippen molar-refractivity contribution in [1.29, 1.82) is 0 Å². The van der Waals surface area contributed by atoms with Gasteiger partial charge in [0.2, 0.25) is 0 Å². The third kappa shape index (κ3) is 2.68. The Hall–Kier alpha value is -1.73. The fourth-order valence-corrected chi connectivity index (χ4v) is 4.79. The average Bonchev–Trinajstić information content (AvgIpc) is 3.25. The molecule has 2 aromatic heterocycles. The number of carbonyl (C=O) groups excluding carboxylic acids is 1. The van der Waals surface area contributed by atoms with E-state index in [1.165, 1.54) is 6.33 Å². The number of rotatable bonds is 2. The molecular formula is C16H20N4O2S. The van der Waals surface area contributed by atoms with Crippen LogP contribution in [0.25, 0.3) is 0 Å². The van der Waals surface area contributed by atoms with Crippen molar-refractivity contribution in [3.05, 3.63) is 34.5 Å². The Morgan fingerprint density at radius 3 is 2.74 bits per heavy atom. The van der Waals surface area contributed by atoms with E-state index in [1.54, 1.807) is 22.3 Å². The minimum absolute atomic E-state index is 0.0298. The van der Waals surface area contributed by atoms with Gasteiger partial charge in [0.05, 0.1) is 17.0 Å². The van der Waals surface area contributed by atoms with Crippen molar-refractivity contribution in [1.82, 2.24) is 19.7 Å². The molecule has 0 bridgehead atoms. The molecule has 2 fully saturated rings. The van der Waals surface area contributed by atoms with E-state index in [4.69, 9.17) is 0 Å². The summed E-state index contributed by atoms with van der Waals surface area (Å²) in [5.74, 6) is 0.941. The lowest BCUT2D eigenvalue weighted by atomic mass is 9.77. The zero-order valence-electron chi connectivity index (χ0n) is 13.0. The molecule has 0 aromatic carbocycles. The third-order valence-corrected chi connectivity index (χ3v) is 6.11. The molecule has 1 aliphatic carbocycles. The van der Waals surface area contributed by atoms with Crippen LogP contribution in [0.2, 0.25) is 0 Å². The summed E-state index contributed by atoms with van der Waals surface area (Å²) in [5, 5.41) is 14.6. The van der Waals surface area contributed by atoms with Crippen molar-refractivity contribution < 1.29 is 9.90 Å². The molecule has 23 heavy (non-hydrogen) atoms. The van der Waals surface area contributed by atoms with E-state index < -0.39 is 6.10 Å². The molecule has 3 heterocycles. The molecule has 1 saturated heterocycles. The number of likely N-dealkylation sites (tertiary alicyclic amines) is 1. The molecule has 0 spiro atoms. The van der Waals surface area contributed by atoms with Gasteiger partial charge in [-0.15, -0.1) is 11.3 Å². The molecule has 4 rings (SSSR count). The van der Waals surface area contributed by atoms with E-state index in [1.807, 2.05) is 24.0 Å². The van der Waals surface area contributed by atoms with E-state index in [9.17, 15) is 9.90 Å². The number of hydrogen-bond donors (Lipinski definition) is 1. The number of hydrogen-bond acceptors (Lipinski definition) is 5. The van der Waals surface area contributed by atoms with Gasteiger partial charge in [-0.25, -0.2) is 9.67 Å². The van der Waals surface area contributed by atoms with Gasteiger partial charge >= 0.3 is 0 Å². The summed E-state index contributed by atoms with van der Waals surface area (Å²) < 4.78 is 1.76. The first-order valence-electron chi connectivity index (χ1n) is 7.99. The van der Waals surface area contributed by atoms with Gasteiger partial charge < -0.3 is 10.0 Å². The highest BCUT2D eigenvalue weighted by Gasteiger charge is 2.44. The normalized spacial score (nSPS) is 30.4. The number of thiophene rings is 1. The average molecular weight is 332 g/mol. The standard InChI is InChI=1S/C16H20N4O2S/c1-10-2-3-15(23-10)16(22)19-6-11-4-13(20-9-17-8-18-20)14(21)5-12(11)7-19/h2-3,8-9,11-14,21H,4-7H2,1H3/t11-,12+,13-,14-/m1/s1. The largest absolute Gasteiger partial charge is 0.391 e. The number of nitrogens with zero attached hydrogens (tertiary/aromatic N) is 4. The molecule has 7 heteroatoms. The number of aliphatic hydroxyl groups excluding tert-OH is 1.